The maximum atomic E-state index is 12.0. The highest BCUT2D eigenvalue weighted by Crippen LogP contribution is 2.13. The van der Waals surface area contributed by atoms with E-state index in [1.165, 1.54) is 0 Å². The minimum Gasteiger partial charge on any atom is -0.389 e. The molecule has 5 heteroatoms. The van der Waals surface area contributed by atoms with Crippen LogP contribution in [0.4, 0.5) is 5.69 Å². The Morgan fingerprint density at radius 1 is 1.11 bits per heavy atom. The van der Waals surface area contributed by atoms with Crippen molar-refractivity contribution in [2.75, 3.05) is 5.32 Å². The molecule has 0 aromatic heterocycles. The zero-order chi connectivity index (χ0) is 13.8. The number of halogens is 1. The average molecular weight is 382 g/mol. The summed E-state index contributed by atoms with van der Waals surface area (Å²) in [5, 5.41) is 2.83. The summed E-state index contributed by atoms with van der Waals surface area (Å²) < 4.78 is 1.02. The molecule has 0 aliphatic carbocycles. The van der Waals surface area contributed by atoms with Crippen LogP contribution in [0.1, 0.15) is 15.9 Å². The molecule has 0 fully saturated rings. The number of anilines is 1. The molecule has 0 radical (unpaired) electrons. The fourth-order valence-corrected chi connectivity index (χ4v) is 2.23. The number of carbonyl (C=O) groups excluding carboxylic acids is 1. The number of rotatable bonds is 3. The maximum absolute atomic E-state index is 12.0. The fourth-order valence-electron chi connectivity index (χ4n) is 1.55. The number of hydrogen-bond acceptors (Lipinski definition) is 2. The number of benzene rings is 2. The highest BCUT2D eigenvalue weighted by atomic mass is 127. The van der Waals surface area contributed by atoms with E-state index in [0.717, 1.165) is 9.13 Å². The monoisotopic (exact) mass is 382 g/mol. The van der Waals surface area contributed by atoms with Crippen molar-refractivity contribution in [3.05, 3.63) is 63.2 Å². The van der Waals surface area contributed by atoms with E-state index in [-0.39, 0.29) is 5.91 Å². The van der Waals surface area contributed by atoms with Crippen molar-refractivity contribution < 1.29 is 4.79 Å². The molecule has 3 nitrogen and oxygen atoms in total. The van der Waals surface area contributed by atoms with Gasteiger partial charge in [-0.25, -0.2) is 0 Å². The van der Waals surface area contributed by atoms with E-state index in [0.29, 0.717) is 16.2 Å². The topological polar surface area (TPSA) is 55.1 Å². The third-order valence-corrected chi connectivity index (χ3v) is 3.42. The number of hydrogen-bond donors (Lipinski definition) is 2. The van der Waals surface area contributed by atoms with Gasteiger partial charge in [-0.05, 0) is 65.1 Å². The predicted molar refractivity (Wildman–Crippen MR) is 89.4 cm³/mol. The predicted octanol–water partition coefficient (Wildman–Crippen LogP) is 3.18. The van der Waals surface area contributed by atoms with Crippen molar-refractivity contribution in [1.82, 2.24) is 0 Å². The van der Waals surface area contributed by atoms with Gasteiger partial charge >= 0.3 is 0 Å². The van der Waals surface area contributed by atoms with Crippen LogP contribution >= 0.6 is 34.8 Å². The third kappa shape index (κ3) is 3.74. The van der Waals surface area contributed by atoms with Gasteiger partial charge in [-0.2, -0.15) is 0 Å². The molecule has 1 amide bonds. The van der Waals surface area contributed by atoms with E-state index in [1.54, 1.807) is 30.3 Å². The first-order chi connectivity index (χ1) is 9.06. The van der Waals surface area contributed by atoms with E-state index in [4.69, 9.17) is 18.0 Å². The first-order valence-corrected chi connectivity index (χ1v) is 7.02. The quantitative estimate of drug-likeness (QED) is 0.634. The van der Waals surface area contributed by atoms with Crippen LogP contribution in [0.2, 0.25) is 0 Å². The van der Waals surface area contributed by atoms with Gasteiger partial charge < -0.3 is 11.1 Å². The van der Waals surface area contributed by atoms with Crippen molar-refractivity contribution in [1.29, 1.82) is 0 Å². The summed E-state index contributed by atoms with van der Waals surface area (Å²) >= 11 is 7.05. The summed E-state index contributed by atoms with van der Waals surface area (Å²) in [5.74, 6) is -0.137. The van der Waals surface area contributed by atoms with Crippen LogP contribution in [-0.4, -0.2) is 10.9 Å². The van der Waals surface area contributed by atoms with Crippen LogP contribution in [0, 0.1) is 3.57 Å². The van der Waals surface area contributed by atoms with Gasteiger partial charge in [0.2, 0.25) is 0 Å². The molecule has 19 heavy (non-hydrogen) atoms. The van der Waals surface area contributed by atoms with Gasteiger partial charge in [0.1, 0.15) is 4.99 Å². The van der Waals surface area contributed by atoms with Gasteiger partial charge in [0.05, 0.1) is 0 Å². The Morgan fingerprint density at radius 2 is 1.79 bits per heavy atom. The molecule has 2 aromatic carbocycles. The van der Waals surface area contributed by atoms with E-state index >= 15 is 0 Å². The van der Waals surface area contributed by atoms with Gasteiger partial charge in [-0.15, -0.1) is 0 Å². The van der Waals surface area contributed by atoms with E-state index < -0.39 is 0 Å². The molecule has 0 saturated carbocycles. The first-order valence-electron chi connectivity index (χ1n) is 5.53. The lowest BCUT2D eigenvalue weighted by atomic mass is 10.2. The van der Waals surface area contributed by atoms with E-state index in [9.17, 15) is 4.79 Å². The van der Waals surface area contributed by atoms with Crippen molar-refractivity contribution in [2.45, 2.75) is 0 Å². The Kier molecular flexibility index (Phi) is 4.49. The molecular formula is C14H11IN2OS. The van der Waals surface area contributed by atoms with Gasteiger partial charge in [0.25, 0.3) is 5.91 Å². The Morgan fingerprint density at radius 3 is 2.37 bits per heavy atom. The zero-order valence-corrected chi connectivity index (χ0v) is 12.9. The first kappa shape index (κ1) is 14.0. The van der Waals surface area contributed by atoms with Crippen LogP contribution in [-0.2, 0) is 0 Å². The van der Waals surface area contributed by atoms with Crippen LogP contribution in [0.25, 0.3) is 0 Å². The number of nitrogens with one attached hydrogen (secondary N) is 1. The molecule has 0 spiro atoms. The summed E-state index contributed by atoms with van der Waals surface area (Å²) in [6.45, 7) is 0. The number of amides is 1. The molecule has 0 unspecified atom stereocenters. The largest absolute Gasteiger partial charge is 0.389 e. The summed E-state index contributed by atoms with van der Waals surface area (Å²) in [7, 11) is 0. The summed E-state index contributed by atoms with van der Waals surface area (Å²) in [6.07, 6.45) is 0. The number of thiocarbonyl (C=S) groups is 1. The van der Waals surface area contributed by atoms with Crippen molar-refractivity contribution in [3.63, 3.8) is 0 Å². The van der Waals surface area contributed by atoms with Crippen molar-refractivity contribution >= 4 is 51.4 Å². The van der Waals surface area contributed by atoms with Gasteiger partial charge in [0.15, 0.2) is 0 Å². The molecule has 3 N–H and O–H groups in total. The van der Waals surface area contributed by atoms with Crippen LogP contribution in [0.5, 0.6) is 0 Å². The fraction of sp³-hybridized carbons (Fsp3) is 0. The van der Waals surface area contributed by atoms with E-state index in [1.807, 2.05) is 18.2 Å². The molecule has 2 aromatic rings. The van der Waals surface area contributed by atoms with E-state index in [2.05, 4.69) is 27.9 Å². The second-order valence-electron chi connectivity index (χ2n) is 3.91. The SMILES string of the molecule is NC(=S)c1ccc(NC(=O)c2cccc(I)c2)cc1. The minimum absolute atomic E-state index is 0.137. The molecule has 0 saturated heterocycles. The minimum atomic E-state index is -0.137. The lowest BCUT2D eigenvalue weighted by Crippen LogP contribution is -2.13. The smallest absolute Gasteiger partial charge is 0.255 e. The third-order valence-electron chi connectivity index (χ3n) is 2.51. The van der Waals surface area contributed by atoms with Gasteiger partial charge in [-0.1, -0.05) is 18.3 Å². The van der Waals surface area contributed by atoms with Gasteiger partial charge in [0, 0.05) is 20.4 Å². The summed E-state index contributed by atoms with van der Waals surface area (Å²) in [6, 6.07) is 14.5. The second kappa shape index (κ2) is 6.12. The number of carbonyl (C=O) groups is 1. The summed E-state index contributed by atoms with van der Waals surface area (Å²) in [4.78, 5) is 12.4. The highest BCUT2D eigenvalue weighted by Gasteiger charge is 2.06. The van der Waals surface area contributed by atoms with Crippen LogP contribution in [0.15, 0.2) is 48.5 Å². The molecule has 96 valence electrons. The van der Waals surface area contributed by atoms with Crippen LogP contribution in [0.3, 0.4) is 0 Å². The molecule has 0 atom stereocenters. The molecule has 0 aliphatic rings. The summed E-state index contributed by atoms with van der Waals surface area (Å²) in [5.41, 5.74) is 7.64. The number of nitrogens with two attached hydrogens (primary N) is 1. The average Bonchev–Trinajstić information content (AvgIpc) is 2.39. The van der Waals surface area contributed by atoms with Crippen molar-refractivity contribution in [3.8, 4) is 0 Å². The normalized spacial score (nSPS) is 9.95. The zero-order valence-electron chi connectivity index (χ0n) is 9.89. The second-order valence-corrected chi connectivity index (χ2v) is 5.59. The Balaban J connectivity index is 2.13. The molecular weight excluding hydrogens is 371 g/mol. The van der Waals surface area contributed by atoms with Crippen LogP contribution < -0.4 is 11.1 Å². The molecule has 0 aliphatic heterocycles. The lowest BCUT2D eigenvalue weighted by Gasteiger charge is -2.06. The molecule has 0 heterocycles. The Labute approximate surface area is 130 Å². The maximum Gasteiger partial charge on any atom is 0.255 e. The van der Waals surface area contributed by atoms with Gasteiger partial charge in [-0.3, -0.25) is 4.79 Å². The lowest BCUT2D eigenvalue weighted by molar-refractivity contribution is 0.102. The highest BCUT2D eigenvalue weighted by molar-refractivity contribution is 14.1. The Hall–Kier alpha value is -1.47. The standard InChI is InChI=1S/C14H11IN2OS/c15-11-3-1-2-10(8-11)14(18)17-12-6-4-9(5-7-12)13(16)19/h1-8H,(H2,16,19)(H,17,18). The van der Waals surface area contributed by atoms with Crippen molar-refractivity contribution in [2.24, 2.45) is 5.73 Å². The molecule has 2 rings (SSSR count). The molecule has 0 bridgehead atoms. The Bertz CT molecular complexity index is 626.